The highest BCUT2D eigenvalue weighted by Gasteiger charge is 2.23. The van der Waals surface area contributed by atoms with Crippen molar-refractivity contribution in [1.29, 1.82) is 0 Å². The number of hydrogen-bond acceptors (Lipinski definition) is 2. The molecular weight excluding hydrogens is 184 g/mol. The molecule has 1 aliphatic rings. The van der Waals surface area contributed by atoms with Gasteiger partial charge in [0, 0.05) is 30.9 Å². The summed E-state index contributed by atoms with van der Waals surface area (Å²) in [7, 11) is 0. The van der Waals surface area contributed by atoms with Crippen LogP contribution in [-0.2, 0) is 0 Å². The Kier molecular flexibility index (Phi) is 3.27. The highest BCUT2D eigenvalue weighted by molar-refractivity contribution is 5.43. The maximum absolute atomic E-state index is 3.58. The summed E-state index contributed by atoms with van der Waals surface area (Å²) in [6, 6.07) is 11.8. The predicted molar refractivity (Wildman–Crippen MR) is 65.2 cm³/mol. The second-order valence-electron chi connectivity index (χ2n) is 4.58. The Morgan fingerprint density at radius 3 is 2.60 bits per heavy atom. The molecule has 0 radical (unpaired) electrons. The lowest BCUT2D eigenvalue weighted by Gasteiger charge is -2.20. The van der Waals surface area contributed by atoms with Crippen molar-refractivity contribution in [2.24, 2.45) is 0 Å². The Balaban J connectivity index is 1.88. The smallest absolute Gasteiger partial charge is 0.0400 e. The fraction of sp³-hybridized carbons (Fsp3) is 0.538. The monoisotopic (exact) mass is 204 g/mol. The average molecular weight is 204 g/mol. The summed E-state index contributed by atoms with van der Waals surface area (Å²) in [6.07, 6.45) is 1.26. The maximum Gasteiger partial charge on any atom is 0.0400 e. The van der Waals surface area contributed by atoms with Gasteiger partial charge in [-0.15, -0.1) is 0 Å². The number of para-hydroxylation sites is 1. The zero-order valence-corrected chi connectivity index (χ0v) is 9.61. The number of rotatable bonds is 3. The van der Waals surface area contributed by atoms with Gasteiger partial charge in [0.25, 0.3) is 0 Å². The van der Waals surface area contributed by atoms with Crippen LogP contribution in [-0.4, -0.2) is 30.1 Å². The number of nitrogens with one attached hydrogen (secondary N) is 1. The van der Waals surface area contributed by atoms with E-state index in [9.17, 15) is 0 Å². The van der Waals surface area contributed by atoms with Crippen LogP contribution in [0.2, 0.25) is 0 Å². The molecular formula is C13H20N2. The third-order valence-corrected chi connectivity index (χ3v) is 3.09. The van der Waals surface area contributed by atoms with Crippen molar-refractivity contribution in [3.05, 3.63) is 30.3 Å². The average Bonchev–Trinajstić information content (AvgIpc) is 2.68. The van der Waals surface area contributed by atoms with Gasteiger partial charge in [-0.2, -0.15) is 0 Å². The van der Waals surface area contributed by atoms with Crippen LogP contribution in [0.1, 0.15) is 20.3 Å². The first kappa shape index (κ1) is 10.5. The third kappa shape index (κ3) is 2.72. The predicted octanol–water partition coefficient (Wildman–Crippen LogP) is 2.58. The first-order valence-electron chi connectivity index (χ1n) is 5.81. The third-order valence-electron chi connectivity index (χ3n) is 3.09. The van der Waals surface area contributed by atoms with Crippen LogP contribution in [0.5, 0.6) is 0 Å². The van der Waals surface area contributed by atoms with Gasteiger partial charge in [-0.25, -0.2) is 0 Å². The van der Waals surface area contributed by atoms with E-state index in [4.69, 9.17) is 0 Å². The van der Waals surface area contributed by atoms with Crippen LogP contribution < -0.4 is 5.32 Å². The lowest BCUT2D eigenvalue weighted by atomic mass is 10.2. The van der Waals surface area contributed by atoms with Gasteiger partial charge in [-0.05, 0) is 32.4 Å². The normalized spacial score (nSPS) is 22.2. The second-order valence-corrected chi connectivity index (χ2v) is 4.58. The molecule has 0 unspecified atom stereocenters. The van der Waals surface area contributed by atoms with Crippen molar-refractivity contribution in [2.45, 2.75) is 32.4 Å². The summed E-state index contributed by atoms with van der Waals surface area (Å²) >= 11 is 0. The first-order valence-corrected chi connectivity index (χ1v) is 5.81. The van der Waals surface area contributed by atoms with Crippen molar-refractivity contribution in [3.63, 3.8) is 0 Å². The topological polar surface area (TPSA) is 15.3 Å². The summed E-state index contributed by atoms with van der Waals surface area (Å²) in [4.78, 5) is 2.53. The number of likely N-dealkylation sites (tertiary alicyclic amines) is 1. The molecule has 0 bridgehead atoms. The van der Waals surface area contributed by atoms with E-state index in [0.29, 0.717) is 12.1 Å². The van der Waals surface area contributed by atoms with Crippen molar-refractivity contribution < 1.29 is 0 Å². The van der Waals surface area contributed by atoms with Gasteiger partial charge in [-0.3, -0.25) is 4.90 Å². The van der Waals surface area contributed by atoms with Gasteiger partial charge in [0.1, 0.15) is 0 Å². The molecule has 82 valence electrons. The lowest BCUT2D eigenvalue weighted by molar-refractivity contribution is 0.274. The Morgan fingerprint density at radius 2 is 2.00 bits per heavy atom. The van der Waals surface area contributed by atoms with Gasteiger partial charge >= 0.3 is 0 Å². The van der Waals surface area contributed by atoms with Crippen LogP contribution >= 0.6 is 0 Å². The molecule has 1 aliphatic heterocycles. The van der Waals surface area contributed by atoms with E-state index in [-0.39, 0.29) is 0 Å². The van der Waals surface area contributed by atoms with Crippen LogP contribution in [0.3, 0.4) is 0 Å². The maximum atomic E-state index is 3.58. The van der Waals surface area contributed by atoms with E-state index < -0.39 is 0 Å². The van der Waals surface area contributed by atoms with Crippen LogP contribution in [0.4, 0.5) is 5.69 Å². The second kappa shape index (κ2) is 4.67. The van der Waals surface area contributed by atoms with E-state index in [1.807, 2.05) is 0 Å². The minimum atomic E-state index is 0.620. The van der Waals surface area contributed by atoms with Crippen molar-refractivity contribution in [1.82, 2.24) is 4.90 Å². The summed E-state index contributed by atoms with van der Waals surface area (Å²) in [6.45, 7) is 6.94. The van der Waals surface area contributed by atoms with Gasteiger partial charge in [0.2, 0.25) is 0 Å². The molecule has 0 saturated carbocycles. The molecule has 1 aromatic carbocycles. The Morgan fingerprint density at radius 1 is 1.27 bits per heavy atom. The molecule has 1 fully saturated rings. The standard InChI is InChI=1S/C13H20N2/c1-11(2)15-9-8-13(10-15)14-12-6-4-3-5-7-12/h3-7,11,13-14H,8-10H2,1-2H3/t13-/m0/s1. The van der Waals surface area contributed by atoms with E-state index in [1.54, 1.807) is 0 Å². The zero-order valence-electron chi connectivity index (χ0n) is 9.61. The number of anilines is 1. The fourth-order valence-corrected chi connectivity index (χ4v) is 2.14. The molecule has 0 spiro atoms. The van der Waals surface area contributed by atoms with E-state index in [2.05, 4.69) is 54.4 Å². The van der Waals surface area contributed by atoms with Crippen LogP contribution in [0.15, 0.2) is 30.3 Å². The molecule has 1 saturated heterocycles. The largest absolute Gasteiger partial charge is 0.381 e. The minimum Gasteiger partial charge on any atom is -0.381 e. The summed E-state index contributed by atoms with van der Waals surface area (Å²) in [5.41, 5.74) is 1.24. The Bertz CT molecular complexity index is 295. The number of benzene rings is 1. The Hall–Kier alpha value is -1.02. The van der Waals surface area contributed by atoms with Gasteiger partial charge in [0.15, 0.2) is 0 Å². The van der Waals surface area contributed by atoms with Crippen molar-refractivity contribution >= 4 is 5.69 Å². The van der Waals surface area contributed by atoms with Crippen molar-refractivity contribution in [3.8, 4) is 0 Å². The molecule has 2 heteroatoms. The molecule has 15 heavy (non-hydrogen) atoms. The van der Waals surface area contributed by atoms with E-state index in [0.717, 1.165) is 0 Å². The van der Waals surface area contributed by atoms with Crippen LogP contribution in [0.25, 0.3) is 0 Å². The first-order chi connectivity index (χ1) is 7.25. The highest BCUT2D eigenvalue weighted by Crippen LogP contribution is 2.17. The molecule has 1 aromatic rings. The van der Waals surface area contributed by atoms with E-state index >= 15 is 0 Å². The molecule has 1 N–H and O–H groups in total. The lowest BCUT2D eigenvalue weighted by Crippen LogP contribution is -2.31. The van der Waals surface area contributed by atoms with Crippen LogP contribution in [0, 0.1) is 0 Å². The van der Waals surface area contributed by atoms with E-state index in [1.165, 1.54) is 25.2 Å². The molecule has 0 aliphatic carbocycles. The van der Waals surface area contributed by atoms with Gasteiger partial charge in [0.05, 0.1) is 0 Å². The molecule has 0 aromatic heterocycles. The molecule has 2 rings (SSSR count). The molecule has 1 atom stereocenters. The Labute approximate surface area is 92.3 Å². The number of nitrogens with zero attached hydrogens (tertiary/aromatic N) is 1. The SMILES string of the molecule is CC(C)N1CC[C@H](Nc2ccccc2)C1. The fourth-order valence-electron chi connectivity index (χ4n) is 2.14. The van der Waals surface area contributed by atoms with Gasteiger partial charge < -0.3 is 5.32 Å². The summed E-state index contributed by atoms with van der Waals surface area (Å²) in [5.74, 6) is 0. The summed E-state index contributed by atoms with van der Waals surface area (Å²) in [5, 5.41) is 3.58. The highest BCUT2D eigenvalue weighted by atomic mass is 15.2. The molecule has 1 heterocycles. The molecule has 0 amide bonds. The zero-order chi connectivity index (χ0) is 10.7. The number of hydrogen-bond donors (Lipinski definition) is 1. The summed E-state index contributed by atoms with van der Waals surface area (Å²) < 4.78 is 0. The quantitative estimate of drug-likeness (QED) is 0.814. The van der Waals surface area contributed by atoms with Gasteiger partial charge in [-0.1, -0.05) is 18.2 Å². The van der Waals surface area contributed by atoms with Crippen molar-refractivity contribution in [2.75, 3.05) is 18.4 Å². The minimum absolute atomic E-state index is 0.620. The molecule has 2 nitrogen and oxygen atoms in total.